The van der Waals surface area contributed by atoms with E-state index in [-0.39, 0.29) is 0 Å². The number of nitrogens with one attached hydrogen (secondary N) is 2. The Morgan fingerprint density at radius 3 is 2.72 bits per heavy atom. The molecule has 5 nitrogen and oxygen atoms in total. The molecule has 0 rings (SSSR count). The molecule has 0 spiro atoms. The van der Waals surface area contributed by atoms with Gasteiger partial charge in [0.15, 0.2) is 5.96 Å². The van der Waals surface area contributed by atoms with E-state index >= 15 is 0 Å². The lowest BCUT2D eigenvalue weighted by Gasteiger charge is -2.15. The highest BCUT2D eigenvalue weighted by molar-refractivity contribution is 7.98. The number of likely N-dealkylation sites (N-methyl/N-ethyl adjacent to an activating group) is 1. The Kier molecular flexibility index (Phi) is 12.7. The van der Waals surface area contributed by atoms with E-state index < -0.39 is 0 Å². The van der Waals surface area contributed by atoms with Crippen LogP contribution >= 0.6 is 11.8 Å². The van der Waals surface area contributed by atoms with Crippen LogP contribution in [0.1, 0.15) is 6.92 Å². The fourth-order valence-electron chi connectivity index (χ4n) is 1.30. The van der Waals surface area contributed by atoms with Crippen LogP contribution in [0.5, 0.6) is 0 Å². The van der Waals surface area contributed by atoms with Gasteiger partial charge in [0.2, 0.25) is 0 Å². The summed E-state index contributed by atoms with van der Waals surface area (Å²) in [5.41, 5.74) is 0. The highest BCUT2D eigenvalue weighted by Crippen LogP contribution is 1.87. The van der Waals surface area contributed by atoms with Gasteiger partial charge in [-0.1, -0.05) is 0 Å². The van der Waals surface area contributed by atoms with Crippen molar-refractivity contribution in [1.82, 2.24) is 15.5 Å². The third-order valence-electron chi connectivity index (χ3n) is 2.37. The summed E-state index contributed by atoms with van der Waals surface area (Å²) in [6.07, 6.45) is 2.11. The summed E-state index contributed by atoms with van der Waals surface area (Å²) in [7, 11) is 3.81. The first-order valence-electron chi connectivity index (χ1n) is 6.43. The highest BCUT2D eigenvalue weighted by Gasteiger charge is 1.98. The Hall–Kier alpha value is -0.460. The first-order valence-corrected chi connectivity index (χ1v) is 7.82. The second-order valence-electron chi connectivity index (χ2n) is 3.98. The number of thioether (sulfide) groups is 1. The maximum Gasteiger partial charge on any atom is 0.191 e. The number of ether oxygens (including phenoxy) is 1. The molecule has 0 aliphatic rings. The number of aliphatic imine (C=N–C) groups is 1. The van der Waals surface area contributed by atoms with Crippen molar-refractivity contribution in [2.24, 2.45) is 4.99 Å². The Bertz CT molecular complexity index is 214. The van der Waals surface area contributed by atoms with E-state index in [4.69, 9.17) is 4.74 Å². The molecule has 18 heavy (non-hydrogen) atoms. The molecule has 0 atom stereocenters. The number of rotatable bonds is 10. The van der Waals surface area contributed by atoms with Crippen molar-refractivity contribution in [2.45, 2.75) is 6.92 Å². The van der Waals surface area contributed by atoms with E-state index in [2.05, 4.69) is 40.8 Å². The number of nitrogens with zero attached hydrogens (tertiary/aromatic N) is 2. The van der Waals surface area contributed by atoms with Gasteiger partial charge >= 0.3 is 0 Å². The molecule has 0 aliphatic heterocycles. The van der Waals surface area contributed by atoms with Gasteiger partial charge in [-0.3, -0.25) is 4.99 Å². The Balaban J connectivity index is 3.83. The van der Waals surface area contributed by atoms with Gasteiger partial charge in [-0.25, -0.2) is 0 Å². The van der Waals surface area contributed by atoms with E-state index in [1.165, 1.54) is 0 Å². The van der Waals surface area contributed by atoms with E-state index in [0.717, 1.165) is 51.0 Å². The third kappa shape index (κ3) is 10.7. The average molecular weight is 276 g/mol. The lowest BCUT2D eigenvalue weighted by Crippen LogP contribution is -2.39. The lowest BCUT2D eigenvalue weighted by molar-refractivity contribution is 0.163. The fourth-order valence-corrected chi connectivity index (χ4v) is 1.61. The summed E-state index contributed by atoms with van der Waals surface area (Å²) in [6.45, 7) is 7.39. The van der Waals surface area contributed by atoms with Crippen molar-refractivity contribution in [3.8, 4) is 0 Å². The van der Waals surface area contributed by atoms with E-state index in [1.807, 2.05) is 11.8 Å². The predicted octanol–water partition coefficient (Wildman–Crippen LogP) is 0.483. The first-order chi connectivity index (χ1) is 8.74. The van der Waals surface area contributed by atoms with Crippen LogP contribution in [-0.4, -0.2) is 76.4 Å². The van der Waals surface area contributed by atoms with Gasteiger partial charge < -0.3 is 20.3 Å². The van der Waals surface area contributed by atoms with Gasteiger partial charge in [0, 0.05) is 39.0 Å². The molecule has 6 heteroatoms. The average Bonchev–Trinajstić information content (AvgIpc) is 2.36. The molecule has 0 radical (unpaired) electrons. The zero-order valence-corrected chi connectivity index (χ0v) is 13.0. The third-order valence-corrected chi connectivity index (χ3v) is 2.98. The van der Waals surface area contributed by atoms with Crippen LogP contribution in [0.3, 0.4) is 0 Å². The maximum absolute atomic E-state index is 5.04. The number of hydrogen-bond donors (Lipinski definition) is 2. The van der Waals surface area contributed by atoms with E-state index in [9.17, 15) is 0 Å². The summed E-state index contributed by atoms with van der Waals surface area (Å²) < 4.78 is 5.04. The minimum Gasteiger partial charge on any atom is -0.383 e. The molecule has 0 unspecified atom stereocenters. The molecule has 0 aliphatic carbocycles. The van der Waals surface area contributed by atoms with E-state index in [0.29, 0.717) is 0 Å². The van der Waals surface area contributed by atoms with Gasteiger partial charge in [-0.2, -0.15) is 11.8 Å². The molecule has 0 fully saturated rings. The molecular formula is C12H28N4OS. The lowest BCUT2D eigenvalue weighted by atomic mass is 10.5. The SMILES string of the molecule is CCNC(=NCCN(C)CCOC)NCCSC. The molecule has 0 aromatic heterocycles. The van der Waals surface area contributed by atoms with Gasteiger partial charge in [-0.05, 0) is 20.2 Å². The molecule has 0 saturated heterocycles. The quantitative estimate of drug-likeness (QED) is 0.345. The van der Waals surface area contributed by atoms with Crippen molar-refractivity contribution in [1.29, 1.82) is 0 Å². The summed E-state index contributed by atoms with van der Waals surface area (Å²) >= 11 is 1.83. The van der Waals surface area contributed by atoms with Gasteiger partial charge in [0.25, 0.3) is 0 Å². The number of guanidine groups is 1. The summed E-state index contributed by atoms with van der Waals surface area (Å²) in [6, 6.07) is 0. The molecular weight excluding hydrogens is 248 g/mol. The van der Waals surface area contributed by atoms with Crippen LogP contribution in [0.4, 0.5) is 0 Å². The van der Waals surface area contributed by atoms with E-state index in [1.54, 1.807) is 7.11 Å². The van der Waals surface area contributed by atoms with Gasteiger partial charge in [0.1, 0.15) is 0 Å². The minimum atomic E-state index is 0.770. The fraction of sp³-hybridized carbons (Fsp3) is 0.917. The van der Waals surface area contributed by atoms with Crippen LogP contribution in [0.15, 0.2) is 4.99 Å². The molecule has 0 heterocycles. The molecule has 108 valence electrons. The van der Waals surface area contributed by atoms with Crippen LogP contribution in [0.2, 0.25) is 0 Å². The maximum atomic E-state index is 5.04. The number of hydrogen-bond acceptors (Lipinski definition) is 4. The Morgan fingerprint density at radius 1 is 1.33 bits per heavy atom. The van der Waals surface area contributed by atoms with Gasteiger partial charge in [0.05, 0.1) is 13.2 Å². The van der Waals surface area contributed by atoms with Crippen molar-refractivity contribution in [2.75, 3.05) is 65.5 Å². The topological polar surface area (TPSA) is 48.9 Å². The van der Waals surface area contributed by atoms with Crippen molar-refractivity contribution in [3.63, 3.8) is 0 Å². The molecule has 0 aromatic rings. The van der Waals surface area contributed by atoms with Crippen LogP contribution in [-0.2, 0) is 4.74 Å². The second kappa shape index (κ2) is 13.0. The molecule has 0 bridgehead atoms. The summed E-state index contributed by atoms with van der Waals surface area (Å²) in [5.74, 6) is 2.00. The number of methoxy groups -OCH3 is 1. The smallest absolute Gasteiger partial charge is 0.191 e. The predicted molar refractivity (Wildman–Crippen MR) is 81.7 cm³/mol. The van der Waals surface area contributed by atoms with Crippen LogP contribution in [0.25, 0.3) is 0 Å². The second-order valence-corrected chi connectivity index (χ2v) is 4.96. The largest absolute Gasteiger partial charge is 0.383 e. The van der Waals surface area contributed by atoms with Crippen molar-refractivity contribution >= 4 is 17.7 Å². The normalized spacial score (nSPS) is 11.9. The first kappa shape index (κ1) is 17.5. The zero-order valence-electron chi connectivity index (χ0n) is 12.2. The van der Waals surface area contributed by atoms with Crippen LogP contribution in [0, 0.1) is 0 Å². The monoisotopic (exact) mass is 276 g/mol. The highest BCUT2D eigenvalue weighted by atomic mass is 32.2. The Labute approximate surface area is 116 Å². The van der Waals surface area contributed by atoms with Gasteiger partial charge in [-0.15, -0.1) is 0 Å². The van der Waals surface area contributed by atoms with Crippen LogP contribution < -0.4 is 10.6 Å². The molecule has 2 N–H and O–H groups in total. The Morgan fingerprint density at radius 2 is 2.11 bits per heavy atom. The summed E-state index contributed by atoms with van der Waals surface area (Å²) in [4.78, 5) is 6.76. The molecule has 0 saturated carbocycles. The minimum absolute atomic E-state index is 0.770. The van der Waals surface area contributed by atoms with Crippen molar-refractivity contribution < 1.29 is 4.74 Å². The molecule has 0 amide bonds. The zero-order chi connectivity index (χ0) is 13.6. The standard InChI is InChI=1S/C12H28N4OS/c1-5-13-12(15-7-11-18-4)14-6-8-16(2)9-10-17-3/h5-11H2,1-4H3,(H2,13,14,15). The molecule has 0 aromatic carbocycles. The summed E-state index contributed by atoms with van der Waals surface area (Å²) in [5, 5.41) is 6.56. The van der Waals surface area contributed by atoms with Crippen molar-refractivity contribution in [3.05, 3.63) is 0 Å².